The molecule has 0 aliphatic heterocycles. The molecule has 6 nitrogen and oxygen atoms in total. The zero-order chi connectivity index (χ0) is 59.9. The Morgan fingerprint density at radius 1 is 0.253 bits per heavy atom. The Labute approximate surface area is 512 Å². The van der Waals surface area contributed by atoms with Crippen molar-refractivity contribution in [1.29, 1.82) is 0 Å². The SMILES string of the molecule is CC/C=C\C/C=C\C/C=C\C/C=C\C/C=C\CCCCCCCCCCCC(=O)OCC(COC(=O)CCCCCCCC/C=C\C/C=C\C/C=C\CCCCC)OC(=O)CCCCCCCCCC/C=C\C/C=C\C/C=C\C/C=C\CC. The molecule has 6 heteroatoms. The van der Waals surface area contributed by atoms with Gasteiger partial charge in [0.05, 0.1) is 0 Å². The molecule has 83 heavy (non-hydrogen) atoms. The zero-order valence-corrected chi connectivity index (χ0v) is 53.9. The van der Waals surface area contributed by atoms with Crippen molar-refractivity contribution in [3.63, 3.8) is 0 Å². The van der Waals surface area contributed by atoms with Crippen LogP contribution in [0.5, 0.6) is 0 Å². The van der Waals surface area contributed by atoms with Gasteiger partial charge >= 0.3 is 17.9 Å². The van der Waals surface area contributed by atoms with Crippen molar-refractivity contribution < 1.29 is 28.6 Å². The molecule has 0 N–H and O–H groups in total. The molecule has 0 amide bonds. The van der Waals surface area contributed by atoms with Crippen LogP contribution in [-0.4, -0.2) is 37.2 Å². The summed E-state index contributed by atoms with van der Waals surface area (Å²) < 4.78 is 17.0. The number of ether oxygens (including phenoxy) is 3. The number of unbranched alkanes of at least 4 members (excludes halogenated alkanes) is 26. The van der Waals surface area contributed by atoms with E-state index in [1.807, 2.05) is 0 Å². The number of hydrogen-bond donors (Lipinski definition) is 0. The number of esters is 3. The standard InChI is InChI=1S/C77H126O6/c1-4-7-10-13-16-19-22-25-28-31-34-36-37-38-39-41-43-46-49-52-55-58-61-64-67-70-76(79)82-73-74(72-81-75(78)69-66-63-60-57-54-51-48-45-42-33-30-27-24-21-18-15-12-9-6-3)83-77(80)71-68-65-62-59-56-53-50-47-44-40-35-32-29-26-23-20-17-14-11-8-5-2/h7-8,10-11,16-21,25-30,34-36,38-40,42,45,74H,4-6,9,12-15,22-24,31-33,37,41,43-44,46-73H2,1-3H3/b10-7-,11-8-,19-16-,20-17-,21-18-,28-25-,29-26-,30-27-,36-34-,39-38-,40-35-,45-42-. The van der Waals surface area contributed by atoms with Crippen LogP contribution >= 0.6 is 0 Å². The Morgan fingerprint density at radius 3 is 0.735 bits per heavy atom. The summed E-state index contributed by atoms with van der Waals surface area (Å²) in [5.41, 5.74) is 0. The van der Waals surface area contributed by atoms with Gasteiger partial charge in [-0.15, -0.1) is 0 Å². The van der Waals surface area contributed by atoms with Crippen LogP contribution in [0.25, 0.3) is 0 Å². The van der Waals surface area contributed by atoms with Gasteiger partial charge in [0.15, 0.2) is 6.10 Å². The van der Waals surface area contributed by atoms with Crippen LogP contribution in [0.2, 0.25) is 0 Å². The quantitative estimate of drug-likeness (QED) is 0.0261. The molecule has 0 fully saturated rings. The zero-order valence-electron chi connectivity index (χ0n) is 53.9. The van der Waals surface area contributed by atoms with Gasteiger partial charge in [0.25, 0.3) is 0 Å². The maximum absolute atomic E-state index is 13.0. The van der Waals surface area contributed by atoms with E-state index < -0.39 is 6.10 Å². The van der Waals surface area contributed by atoms with E-state index in [0.717, 1.165) is 148 Å². The molecule has 0 spiro atoms. The van der Waals surface area contributed by atoms with Gasteiger partial charge < -0.3 is 14.2 Å². The maximum Gasteiger partial charge on any atom is 0.306 e. The van der Waals surface area contributed by atoms with Crippen LogP contribution in [-0.2, 0) is 28.6 Å². The van der Waals surface area contributed by atoms with E-state index in [0.29, 0.717) is 19.3 Å². The molecule has 0 bridgehead atoms. The van der Waals surface area contributed by atoms with Crippen molar-refractivity contribution in [2.45, 2.75) is 309 Å². The highest BCUT2D eigenvalue weighted by molar-refractivity contribution is 5.71. The van der Waals surface area contributed by atoms with E-state index in [1.54, 1.807) is 0 Å². The molecule has 0 rings (SSSR count). The van der Waals surface area contributed by atoms with Crippen molar-refractivity contribution >= 4 is 17.9 Å². The number of allylic oxidation sites excluding steroid dienone is 24. The molecule has 0 aromatic rings. The molecule has 470 valence electrons. The summed E-state index contributed by atoms with van der Waals surface area (Å²) in [6.07, 6.45) is 99.9. The molecule has 0 saturated heterocycles. The minimum Gasteiger partial charge on any atom is -0.462 e. The largest absolute Gasteiger partial charge is 0.462 e. The lowest BCUT2D eigenvalue weighted by atomic mass is 10.1. The molecular weight excluding hydrogens is 1020 g/mol. The van der Waals surface area contributed by atoms with Gasteiger partial charge in [-0.3, -0.25) is 14.4 Å². The minimum atomic E-state index is -0.800. The Morgan fingerprint density at radius 2 is 0.470 bits per heavy atom. The maximum atomic E-state index is 13.0. The summed E-state index contributed by atoms with van der Waals surface area (Å²) >= 11 is 0. The highest BCUT2D eigenvalue weighted by Crippen LogP contribution is 2.16. The normalized spacial score (nSPS) is 13.0. The second-order valence-corrected chi connectivity index (χ2v) is 22.3. The molecule has 0 saturated carbocycles. The smallest absolute Gasteiger partial charge is 0.306 e. The van der Waals surface area contributed by atoms with Crippen molar-refractivity contribution in [2.24, 2.45) is 0 Å². The number of rotatable bonds is 61. The molecule has 0 aromatic heterocycles. The second-order valence-electron chi connectivity index (χ2n) is 22.3. The molecule has 0 heterocycles. The lowest BCUT2D eigenvalue weighted by molar-refractivity contribution is -0.167. The van der Waals surface area contributed by atoms with Crippen LogP contribution < -0.4 is 0 Å². The van der Waals surface area contributed by atoms with Gasteiger partial charge in [-0.05, 0) is 141 Å². The van der Waals surface area contributed by atoms with Gasteiger partial charge in [-0.25, -0.2) is 0 Å². The summed E-state index contributed by atoms with van der Waals surface area (Å²) in [6.45, 7) is 6.38. The lowest BCUT2D eigenvalue weighted by Gasteiger charge is -2.18. The van der Waals surface area contributed by atoms with Crippen LogP contribution in [0, 0.1) is 0 Å². The summed E-state index contributed by atoms with van der Waals surface area (Å²) in [4.78, 5) is 38.5. The molecule has 0 radical (unpaired) electrons. The lowest BCUT2D eigenvalue weighted by Crippen LogP contribution is -2.30. The van der Waals surface area contributed by atoms with Crippen molar-refractivity contribution in [2.75, 3.05) is 13.2 Å². The first-order chi connectivity index (χ1) is 41.0. The van der Waals surface area contributed by atoms with E-state index >= 15 is 0 Å². The number of carbonyl (C=O) groups is 3. The Bertz CT molecular complexity index is 1800. The predicted molar refractivity (Wildman–Crippen MR) is 362 cm³/mol. The van der Waals surface area contributed by atoms with Gasteiger partial charge in [-0.2, -0.15) is 0 Å². The van der Waals surface area contributed by atoms with Crippen LogP contribution in [0.15, 0.2) is 146 Å². The van der Waals surface area contributed by atoms with E-state index in [-0.39, 0.29) is 31.1 Å². The Kier molecular flexibility index (Phi) is 65.8. The van der Waals surface area contributed by atoms with Crippen LogP contribution in [0.4, 0.5) is 0 Å². The van der Waals surface area contributed by atoms with Gasteiger partial charge in [0.2, 0.25) is 0 Å². The fraction of sp³-hybridized carbons (Fsp3) is 0.649. The third-order valence-electron chi connectivity index (χ3n) is 14.3. The average molecular weight is 1150 g/mol. The first-order valence-corrected chi connectivity index (χ1v) is 34.3. The van der Waals surface area contributed by atoms with Crippen molar-refractivity contribution in [3.8, 4) is 0 Å². The predicted octanol–water partition coefficient (Wildman–Crippen LogP) is 23.9. The highest BCUT2D eigenvalue weighted by atomic mass is 16.6. The fourth-order valence-corrected chi connectivity index (χ4v) is 9.23. The number of hydrogen-bond acceptors (Lipinski definition) is 6. The molecule has 0 aliphatic rings. The van der Waals surface area contributed by atoms with E-state index in [2.05, 4.69) is 167 Å². The minimum absolute atomic E-state index is 0.0933. The molecule has 1 unspecified atom stereocenters. The Hall–Kier alpha value is -4.71. The topological polar surface area (TPSA) is 78.9 Å². The number of carbonyl (C=O) groups excluding carboxylic acids is 3. The average Bonchev–Trinajstić information content (AvgIpc) is 3.50. The van der Waals surface area contributed by atoms with Gasteiger partial charge in [0, 0.05) is 19.3 Å². The van der Waals surface area contributed by atoms with Crippen molar-refractivity contribution in [3.05, 3.63) is 146 Å². The summed E-state index contributed by atoms with van der Waals surface area (Å²) in [5, 5.41) is 0. The highest BCUT2D eigenvalue weighted by Gasteiger charge is 2.19. The van der Waals surface area contributed by atoms with E-state index in [1.165, 1.54) is 116 Å². The molecular formula is C77H126O6. The summed E-state index contributed by atoms with van der Waals surface area (Å²) in [5.74, 6) is -0.914. The molecule has 0 aliphatic carbocycles. The third kappa shape index (κ3) is 68.0. The van der Waals surface area contributed by atoms with Crippen molar-refractivity contribution in [1.82, 2.24) is 0 Å². The monoisotopic (exact) mass is 1150 g/mol. The van der Waals surface area contributed by atoms with Crippen LogP contribution in [0.3, 0.4) is 0 Å². The van der Waals surface area contributed by atoms with E-state index in [4.69, 9.17) is 14.2 Å². The van der Waals surface area contributed by atoms with E-state index in [9.17, 15) is 14.4 Å². The fourth-order valence-electron chi connectivity index (χ4n) is 9.23. The first kappa shape index (κ1) is 78.3. The van der Waals surface area contributed by atoms with Gasteiger partial charge in [-0.1, -0.05) is 289 Å². The summed E-state index contributed by atoms with van der Waals surface area (Å²) in [7, 11) is 0. The molecule has 0 aromatic carbocycles. The van der Waals surface area contributed by atoms with Gasteiger partial charge in [0.1, 0.15) is 13.2 Å². The molecule has 1 atom stereocenters. The Balaban J connectivity index is 4.45. The van der Waals surface area contributed by atoms with Crippen LogP contribution in [0.1, 0.15) is 303 Å². The first-order valence-electron chi connectivity index (χ1n) is 34.3. The second kappa shape index (κ2) is 69.8. The third-order valence-corrected chi connectivity index (χ3v) is 14.3. The summed E-state index contributed by atoms with van der Waals surface area (Å²) in [6, 6.07) is 0.